The molecule has 1 aliphatic heterocycles. The molecule has 3 aromatic rings. The topological polar surface area (TPSA) is 58.2 Å². The van der Waals surface area contributed by atoms with E-state index in [-0.39, 0.29) is 5.78 Å². The van der Waals surface area contributed by atoms with Gasteiger partial charge in [0.2, 0.25) is 5.78 Å². The van der Waals surface area contributed by atoms with Crippen LogP contribution in [-0.2, 0) is 0 Å². The van der Waals surface area contributed by atoms with Crippen LogP contribution in [0.4, 0.5) is 0 Å². The van der Waals surface area contributed by atoms with Crippen LogP contribution in [-0.4, -0.2) is 46.9 Å². The lowest BCUT2D eigenvalue weighted by atomic mass is 9.96. The largest absolute Gasteiger partial charge is 0.492 e. The van der Waals surface area contributed by atoms with Crippen LogP contribution in [0.3, 0.4) is 0 Å². The van der Waals surface area contributed by atoms with Crippen molar-refractivity contribution in [3.8, 4) is 5.75 Å². The Morgan fingerprint density at radius 1 is 1.21 bits per heavy atom. The molecule has 1 aromatic heterocycles. The summed E-state index contributed by atoms with van der Waals surface area (Å²) in [6.07, 6.45) is 8.01. The highest BCUT2D eigenvalue weighted by molar-refractivity contribution is 6.17. The highest BCUT2D eigenvalue weighted by Crippen LogP contribution is 2.33. The molecule has 1 N–H and O–H groups in total. The van der Waals surface area contributed by atoms with Crippen molar-refractivity contribution >= 4 is 16.6 Å². The van der Waals surface area contributed by atoms with Gasteiger partial charge in [0.15, 0.2) is 0 Å². The first-order valence-corrected chi connectivity index (χ1v) is 10.1. The highest BCUT2D eigenvalue weighted by Gasteiger charge is 2.21. The van der Waals surface area contributed by atoms with E-state index in [0.717, 1.165) is 29.3 Å². The third kappa shape index (κ3) is 3.94. The van der Waals surface area contributed by atoms with Gasteiger partial charge in [0, 0.05) is 6.54 Å². The lowest BCUT2D eigenvalue weighted by molar-refractivity contribution is 0.103. The van der Waals surface area contributed by atoms with E-state index in [1.165, 1.54) is 38.7 Å². The summed E-state index contributed by atoms with van der Waals surface area (Å²) < 4.78 is 6.20. The number of hydrogen-bond acceptors (Lipinski definition) is 4. The van der Waals surface area contributed by atoms with Crippen molar-refractivity contribution in [3.63, 3.8) is 0 Å². The summed E-state index contributed by atoms with van der Waals surface area (Å²) in [5.74, 6) is 0.611. The second-order valence-corrected chi connectivity index (χ2v) is 7.52. The van der Waals surface area contributed by atoms with E-state index in [9.17, 15) is 4.79 Å². The van der Waals surface area contributed by atoms with E-state index in [0.29, 0.717) is 23.6 Å². The molecule has 5 nitrogen and oxygen atoms in total. The number of fused-ring (bicyclic) bond motifs is 1. The summed E-state index contributed by atoms with van der Waals surface area (Å²) in [5.41, 5.74) is 2.09. The van der Waals surface area contributed by atoms with Crippen molar-refractivity contribution < 1.29 is 9.53 Å². The number of ketones is 1. The quantitative estimate of drug-likeness (QED) is 0.491. The Labute approximate surface area is 165 Å². The lowest BCUT2D eigenvalue weighted by Gasteiger charge is -2.26. The molecule has 2 aromatic carbocycles. The molecular formula is C23H27N3O2. The molecule has 1 saturated heterocycles. The van der Waals surface area contributed by atoms with E-state index in [1.807, 2.05) is 31.2 Å². The number of nitrogens with zero attached hydrogens (tertiary/aromatic N) is 2. The number of piperidine rings is 1. The van der Waals surface area contributed by atoms with E-state index in [2.05, 4.69) is 20.9 Å². The Kier molecular flexibility index (Phi) is 5.72. The van der Waals surface area contributed by atoms with Crippen molar-refractivity contribution in [1.29, 1.82) is 0 Å². The lowest BCUT2D eigenvalue weighted by Crippen LogP contribution is -2.31. The standard InChI is InChI=1S/C23H27N3O2/c1-17-14-18-8-3-4-9-19(18)21(22(27)20-15-24-16-25-20)23(17)28-13-7-12-26-10-5-2-6-11-26/h3-4,8-9,14-16H,2,5-7,10-13H2,1H3,(H,24,25). The predicted molar refractivity (Wildman–Crippen MR) is 111 cm³/mol. The number of aromatic nitrogens is 2. The van der Waals surface area contributed by atoms with Gasteiger partial charge >= 0.3 is 0 Å². The molecule has 0 saturated carbocycles. The molecule has 28 heavy (non-hydrogen) atoms. The molecule has 0 unspecified atom stereocenters. The number of H-pyrrole nitrogens is 1. The van der Waals surface area contributed by atoms with Crippen molar-refractivity contribution in [2.45, 2.75) is 32.6 Å². The maximum absolute atomic E-state index is 13.2. The number of hydrogen-bond donors (Lipinski definition) is 1. The predicted octanol–water partition coefficient (Wildman–Crippen LogP) is 4.36. The smallest absolute Gasteiger partial charge is 0.215 e. The van der Waals surface area contributed by atoms with Gasteiger partial charge in [-0.3, -0.25) is 4.79 Å². The zero-order chi connectivity index (χ0) is 19.3. The molecule has 1 fully saturated rings. The first kappa shape index (κ1) is 18.7. The van der Waals surface area contributed by atoms with Crippen LogP contribution in [0.1, 0.15) is 47.3 Å². The Morgan fingerprint density at radius 3 is 2.82 bits per heavy atom. The monoisotopic (exact) mass is 377 g/mol. The van der Waals surface area contributed by atoms with Gasteiger partial charge in [-0.05, 0) is 61.7 Å². The van der Waals surface area contributed by atoms with Gasteiger partial charge in [0.25, 0.3) is 0 Å². The maximum Gasteiger partial charge on any atom is 0.215 e. The fourth-order valence-electron chi connectivity index (χ4n) is 4.04. The first-order valence-electron chi connectivity index (χ1n) is 10.1. The summed E-state index contributed by atoms with van der Waals surface area (Å²) in [4.78, 5) is 22.7. The van der Waals surface area contributed by atoms with Crippen molar-refractivity contribution in [3.05, 3.63) is 59.7 Å². The molecule has 146 valence electrons. The van der Waals surface area contributed by atoms with Crippen LogP contribution >= 0.6 is 0 Å². The van der Waals surface area contributed by atoms with E-state index >= 15 is 0 Å². The van der Waals surface area contributed by atoms with Crippen LogP contribution in [0.2, 0.25) is 0 Å². The molecule has 0 atom stereocenters. The molecule has 5 heteroatoms. The van der Waals surface area contributed by atoms with Gasteiger partial charge in [-0.15, -0.1) is 0 Å². The minimum atomic E-state index is -0.0802. The van der Waals surface area contributed by atoms with Gasteiger partial charge in [0.05, 0.1) is 24.7 Å². The number of ether oxygens (including phenoxy) is 1. The molecule has 2 heterocycles. The third-order valence-corrected chi connectivity index (χ3v) is 5.47. The van der Waals surface area contributed by atoms with Crippen LogP contribution in [0.25, 0.3) is 10.8 Å². The Morgan fingerprint density at radius 2 is 2.04 bits per heavy atom. The summed E-state index contributed by atoms with van der Waals surface area (Å²) in [5, 5.41) is 1.96. The molecule has 4 rings (SSSR count). The fourth-order valence-corrected chi connectivity index (χ4v) is 4.04. The van der Waals surface area contributed by atoms with Crippen molar-refractivity contribution in [1.82, 2.24) is 14.9 Å². The Balaban J connectivity index is 1.58. The van der Waals surface area contributed by atoms with Crippen LogP contribution in [0.5, 0.6) is 5.75 Å². The molecule has 0 radical (unpaired) electrons. The molecular weight excluding hydrogens is 350 g/mol. The van der Waals surface area contributed by atoms with E-state index in [1.54, 1.807) is 6.20 Å². The van der Waals surface area contributed by atoms with Gasteiger partial charge in [-0.1, -0.05) is 30.7 Å². The Hall–Kier alpha value is -2.66. The zero-order valence-corrected chi connectivity index (χ0v) is 16.4. The van der Waals surface area contributed by atoms with Gasteiger partial charge in [-0.2, -0.15) is 0 Å². The molecule has 1 aliphatic rings. The van der Waals surface area contributed by atoms with Crippen LogP contribution < -0.4 is 4.74 Å². The molecule has 0 spiro atoms. The highest BCUT2D eigenvalue weighted by atomic mass is 16.5. The number of carbonyl (C=O) groups is 1. The summed E-state index contributed by atoms with van der Waals surface area (Å²) in [7, 11) is 0. The summed E-state index contributed by atoms with van der Waals surface area (Å²) in [6, 6.07) is 10.1. The van der Waals surface area contributed by atoms with Crippen molar-refractivity contribution in [2.24, 2.45) is 0 Å². The number of imidazole rings is 1. The maximum atomic E-state index is 13.2. The number of rotatable bonds is 7. The van der Waals surface area contributed by atoms with Gasteiger partial charge in [0.1, 0.15) is 11.4 Å². The van der Waals surface area contributed by atoms with Gasteiger partial charge < -0.3 is 14.6 Å². The van der Waals surface area contributed by atoms with Gasteiger partial charge in [-0.25, -0.2) is 4.98 Å². The number of likely N-dealkylation sites (tertiary alicyclic amines) is 1. The number of carbonyl (C=O) groups excluding carboxylic acids is 1. The van der Waals surface area contributed by atoms with E-state index < -0.39 is 0 Å². The zero-order valence-electron chi connectivity index (χ0n) is 16.4. The minimum absolute atomic E-state index is 0.0802. The Bertz CT molecular complexity index is 944. The first-order chi connectivity index (χ1) is 13.7. The normalized spacial score (nSPS) is 15.0. The number of aryl methyl sites for hydroxylation is 1. The average Bonchev–Trinajstić information content (AvgIpc) is 3.26. The summed E-state index contributed by atoms with van der Waals surface area (Å²) in [6.45, 7) is 6.06. The molecule has 0 amide bonds. The second-order valence-electron chi connectivity index (χ2n) is 7.52. The molecule has 0 aliphatic carbocycles. The number of aromatic amines is 1. The summed E-state index contributed by atoms with van der Waals surface area (Å²) >= 11 is 0. The number of nitrogens with one attached hydrogen (secondary N) is 1. The second kappa shape index (κ2) is 8.57. The SMILES string of the molecule is Cc1cc2ccccc2c(C(=O)c2cnc[nH]2)c1OCCCN1CCCCC1. The fraction of sp³-hybridized carbons (Fsp3) is 0.391. The van der Waals surface area contributed by atoms with Crippen LogP contribution in [0, 0.1) is 6.92 Å². The minimum Gasteiger partial charge on any atom is -0.492 e. The molecule has 0 bridgehead atoms. The average molecular weight is 377 g/mol. The third-order valence-electron chi connectivity index (χ3n) is 5.47. The van der Waals surface area contributed by atoms with E-state index in [4.69, 9.17) is 4.74 Å². The van der Waals surface area contributed by atoms with Crippen molar-refractivity contribution in [2.75, 3.05) is 26.2 Å². The van der Waals surface area contributed by atoms with Crippen LogP contribution in [0.15, 0.2) is 42.9 Å². The number of benzene rings is 2.